The van der Waals surface area contributed by atoms with Gasteiger partial charge in [0, 0.05) is 67.2 Å². The maximum atomic E-state index is 2.75. The maximum absolute atomic E-state index is 2.75. The predicted octanol–water partition coefficient (Wildman–Crippen LogP) is 18.5. The highest BCUT2D eigenvalue weighted by Crippen LogP contribution is 2.60. The van der Waals surface area contributed by atoms with Crippen molar-refractivity contribution in [1.29, 1.82) is 0 Å². The molecule has 0 saturated carbocycles. The van der Waals surface area contributed by atoms with Crippen molar-refractivity contribution >= 4 is 63.3 Å². The van der Waals surface area contributed by atoms with Gasteiger partial charge in [0.1, 0.15) is 0 Å². The maximum Gasteiger partial charge on any atom is 0.333 e. The molecule has 14 rings (SSSR count). The van der Waals surface area contributed by atoms with Gasteiger partial charge in [-0.1, -0.05) is 207 Å². The summed E-state index contributed by atoms with van der Waals surface area (Å²) in [5.41, 5.74) is 30.0. The molecule has 0 amide bonds. The van der Waals surface area contributed by atoms with E-state index in [0.29, 0.717) is 0 Å². The Morgan fingerprint density at radius 2 is 1.03 bits per heavy atom. The first-order chi connectivity index (χ1) is 37.9. The Kier molecular flexibility index (Phi) is 11.0. The molecule has 0 fully saturated rings. The Morgan fingerprint density at radius 1 is 0.423 bits per heavy atom. The van der Waals surface area contributed by atoms with Crippen LogP contribution in [0.15, 0.2) is 218 Å². The fourth-order valence-electron chi connectivity index (χ4n) is 14.5. The number of hydrogen-bond donors (Lipinski definition) is 0. The summed E-state index contributed by atoms with van der Waals surface area (Å²) in [7, 11) is 0. The first-order valence-corrected chi connectivity index (χ1v) is 28.4. The van der Waals surface area contributed by atoms with E-state index in [4.69, 9.17) is 0 Å². The molecule has 0 bridgehead atoms. The number of fused-ring (bicyclic) bond motifs is 10. The number of para-hydroxylation sites is 3. The van der Waals surface area contributed by atoms with Crippen LogP contribution in [0.2, 0.25) is 0 Å². The average molecular weight is 1010 g/mol. The summed E-state index contributed by atoms with van der Waals surface area (Å²) in [6.07, 6.45) is 3.35. The van der Waals surface area contributed by atoms with E-state index in [-0.39, 0.29) is 23.1 Å². The third-order valence-corrected chi connectivity index (χ3v) is 18.3. The number of aryl methyl sites for hydroxylation is 2. The van der Waals surface area contributed by atoms with Gasteiger partial charge in [0.15, 0.2) is 0 Å². The van der Waals surface area contributed by atoms with E-state index in [0.717, 1.165) is 36.3 Å². The van der Waals surface area contributed by atoms with Crippen LogP contribution in [0.3, 0.4) is 0 Å². The van der Waals surface area contributed by atoms with Crippen molar-refractivity contribution < 1.29 is 0 Å². The van der Waals surface area contributed by atoms with Crippen molar-refractivity contribution in [2.24, 2.45) is 0 Å². The normalized spacial score (nSPS) is 15.3. The second-order valence-electron chi connectivity index (χ2n) is 24.0. The van der Waals surface area contributed by atoms with E-state index in [2.05, 4.69) is 288 Å². The fraction of sp³-hybridized carbons (Fsp3) is 0.189. The molecule has 0 radical (unpaired) electrons. The van der Waals surface area contributed by atoms with Crippen LogP contribution in [0.1, 0.15) is 106 Å². The fourth-order valence-corrected chi connectivity index (χ4v) is 14.5. The second-order valence-corrected chi connectivity index (χ2v) is 24.0. The van der Waals surface area contributed by atoms with Crippen molar-refractivity contribution in [2.75, 3.05) is 14.6 Å². The summed E-state index contributed by atoms with van der Waals surface area (Å²) in [4.78, 5) is 7.90. The molecule has 0 aromatic heterocycles. The van der Waals surface area contributed by atoms with Gasteiger partial charge < -0.3 is 14.6 Å². The molecule has 4 aliphatic rings. The summed E-state index contributed by atoms with van der Waals surface area (Å²) < 4.78 is 0. The van der Waals surface area contributed by atoms with Crippen LogP contribution < -0.4 is 25.5 Å². The van der Waals surface area contributed by atoms with Crippen LogP contribution in [0, 0.1) is 6.92 Å². The Morgan fingerprint density at radius 3 is 1.69 bits per heavy atom. The first kappa shape index (κ1) is 48.1. The number of nitrogens with zero attached hydrogens (tertiary/aromatic N) is 3. The van der Waals surface area contributed by atoms with Crippen molar-refractivity contribution in [3.05, 3.63) is 263 Å². The van der Waals surface area contributed by atoms with Gasteiger partial charge in [-0.25, -0.2) is 0 Å². The standard InChI is InChI=1S/C74H66BN3/c1-9-10-27-49-39-42-65(56(43-49)50-28-14-11-15-29-50)77-67-47-62-61(72(3,4)59-36-23-24-37-60(59)73(62,5)6)46-63(67)75-71-68(77)45-57-54-34-21-22-35-58(54)74(7,8)70(57)69(71)55-41-40-53(44-66(55)78(75)64-38-25-20-26-48(64)2)76(51-30-16-12-17-31-51)52-32-18-13-19-33-52/h11-26,28-47H,9-10,27H2,1-8H3. The van der Waals surface area contributed by atoms with E-state index in [1.54, 1.807) is 0 Å². The zero-order chi connectivity index (χ0) is 53.2. The van der Waals surface area contributed by atoms with Gasteiger partial charge in [-0.2, -0.15) is 0 Å². The van der Waals surface area contributed by atoms with Crippen LogP contribution in [-0.4, -0.2) is 6.85 Å². The highest BCUT2D eigenvalue weighted by Gasteiger charge is 2.52. The quantitative estimate of drug-likeness (QED) is 0.133. The monoisotopic (exact) mass is 1010 g/mol. The zero-order valence-corrected chi connectivity index (χ0v) is 46.3. The molecule has 3 nitrogen and oxygen atoms in total. The number of hydrogen-bond acceptors (Lipinski definition) is 3. The lowest BCUT2D eigenvalue weighted by atomic mass is 9.42. The third-order valence-electron chi connectivity index (χ3n) is 18.3. The topological polar surface area (TPSA) is 9.72 Å². The summed E-state index contributed by atoms with van der Waals surface area (Å²) in [5, 5.41) is 0. The molecule has 10 aromatic rings. The van der Waals surface area contributed by atoms with Crippen molar-refractivity contribution in [2.45, 2.75) is 90.9 Å². The molecule has 0 saturated heterocycles. The molecular formula is C74H66BN3. The van der Waals surface area contributed by atoms with Crippen molar-refractivity contribution in [1.82, 2.24) is 0 Å². The van der Waals surface area contributed by atoms with Crippen LogP contribution in [-0.2, 0) is 22.7 Å². The average Bonchev–Trinajstić information content (AvgIpc) is 3.64. The number of unbranched alkanes of at least 4 members (excludes halogenated alkanes) is 1. The number of benzene rings is 10. The molecule has 2 aliphatic heterocycles. The molecule has 0 unspecified atom stereocenters. The molecule has 2 heterocycles. The van der Waals surface area contributed by atoms with Gasteiger partial charge in [0.2, 0.25) is 0 Å². The molecular weight excluding hydrogens is 942 g/mol. The van der Waals surface area contributed by atoms with E-state index in [1.807, 2.05) is 0 Å². The summed E-state index contributed by atoms with van der Waals surface area (Å²) in [5.74, 6) is 0. The van der Waals surface area contributed by atoms with Gasteiger partial charge in [0.25, 0.3) is 0 Å². The Balaban J connectivity index is 1.16. The van der Waals surface area contributed by atoms with Gasteiger partial charge in [-0.05, 0) is 164 Å². The third kappa shape index (κ3) is 7.04. The highest BCUT2D eigenvalue weighted by molar-refractivity contribution is 6.93. The van der Waals surface area contributed by atoms with Crippen LogP contribution in [0.25, 0.3) is 33.4 Å². The molecule has 0 N–H and O–H groups in total. The Hall–Kier alpha value is -8.34. The first-order valence-electron chi connectivity index (χ1n) is 28.4. The lowest BCUT2D eigenvalue weighted by Crippen LogP contribution is -2.62. The minimum absolute atomic E-state index is 0.206. The summed E-state index contributed by atoms with van der Waals surface area (Å²) >= 11 is 0. The molecule has 10 aromatic carbocycles. The van der Waals surface area contributed by atoms with Crippen molar-refractivity contribution in [3.63, 3.8) is 0 Å². The smallest absolute Gasteiger partial charge is 0.333 e. The van der Waals surface area contributed by atoms with Crippen LogP contribution in [0.4, 0.5) is 45.5 Å². The van der Waals surface area contributed by atoms with E-state index >= 15 is 0 Å². The Bertz CT molecular complexity index is 3980. The summed E-state index contributed by atoms with van der Waals surface area (Å²) in [6.45, 7) is 19.2. The lowest BCUT2D eigenvalue weighted by molar-refractivity contribution is 0.521. The molecule has 0 atom stereocenters. The largest absolute Gasteiger partial charge is 0.376 e. The van der Waals surface area contributed by atoms with Crippen LogP contribution in [0.5, 0.6) is 0 Å². The minimum Gasteiger partial charge on any atom is -0.376 e. The van der Waals surface area contributed by atoms with Crippen molar-refractivity contribution in [3.8, 4) is 33.4 Å². The van der Waals surface area contributed by atoms with E-state index < -0.39 is 0 Å². The molecule has 0 spiro atoms. The second kappa shape index (κ2) is 17.9. The minimum atomic E-state index is -0.297. The number of rotatable bonds is 9. The molecule has 4 heteroatoms. The van der Waals surface area contributed by atoms with Gasteiger partial charge in [-0.3, -0.25) is 0 Å². The van der Waals surface area contributed by atoms with Crippen LogP contribution >= 0.6 is 0 Å². The lowest BCUT2D eigenvalue weighted by Gasteiger charge is -2.50. The summed E-state index contributed by atoms with van der Waals surface area (Å²) in [6, 6.07) is 83.2. The Labute approximate surface area is 462 Å². The zero-order valence-electron chi connectivity index (χ0n) is 46.3. The van der Waals surface area contributed by atoms with E-state index in [9.17, 15) is 0 Å². The molecule has 2 aliphatic carbocycles. The highest BCUT2D eigenvalue weighted by atomic mass is 15.2. The molecule has 380 valence electrons. The molecule has 78 heavy (non-hydrogen) atoms. The van der Waals surface area contributed by atoms with Gasteiger partial charge in [0.05, 0.1) is 5.69 Å². The van der Waals surface area contributed by atoms with E-state index in [1.165, 1.54) is 117 Å². The SMILES string of the molecule is CCCCc1ccc(N2c3cc4c(cc3B3c5c2cc2c(c5-c5ccc(N(c6ccccc6)c6ccccc6)cc5N3c3ccccc3C)C(C)(C)c3ccccc3-2)C(C)(C)c2ccccc2C4(C)C)c(-c2ccccc2)c1. The van der Waals surface area contributed by atoms with Gasteiger partial charge >= 0.3 is 6.85 Å². The van der Waals surface area contributed by atoms with Gasteiger partial charge in [-0.15, -0.1) is 0 Å². The number of anilines is 8. The predicted molar refractivity (Wildman–Crippen MR) is 332 cm³/mol.